The molecule has 0 N–H and O–H groups in total. The van der Waals surface area contributed by atoms with Crippen LogP contribution in [-0.4, -0.2) is 47.1 Å². The van der Waals surface area contributed by atoms with Crippen molar-refractivity contribution in [3.63, 3.8) is 0 Å². The van der Waals surface area contributed by atoms with Crippen LogP contribution in [0, 0.1) is 12.3 Å². The van der Waals surface area contributed by atoms with Gasteiger partial charge in [-0.15, -0.1) is 11.8 Å². The number of thioether (sulfide) groups is 1. The van der Waals surface area contributed by atoms with Gasteiger partial charge in [0.2, 0.25) is 0 Å². The van der Waals surface area contributed by atoms with Crippen LogP contribution in [0.2, 0.25) is 0 Å². The van der Waals surface area contributed by atoms with Gasteiger partial charge in [-0.3, -0.25) is 19.3 Å². The normalized spacial score (nSPS) is 25.6. The number of aryl methyl sites for hydroxylation is 1. The second kappa shape index (κ2) is 6.99. The summed E-state index contributed by atoms with van der Waals surface area (Å²) in [4.78, 5) is 45.6. The van der Waals surface area contributed by atoms with Gasteiger partial charge in [0, 0.05) is 39.8 Å². The summed E-state index contributed by atoms with van der Waals surface area (Å²) in [5.41, 5.74) is 0.854. The highest BCUT2D eigenvalue weighted by Gasteiger charge is 2.76. The molecule has 0 saturated carbocycles. The van der Waals surface area contributed by atoms with Crippen molar-refractivity contribution < 1.29 is 14.4 Å². The van der Waals surface area contributed by atoms with E-state index in [1.165, 1.54) is 0 Å². The average Bonchev–Trinajstić information content (AvgIpc) is 3.23. The number of hydrogen-bond donors (Lipinski definition) is 0. The minimum atomic E-state index is -1.54. The molecule has 0 radical (unpaired) electrons. The van der Waals surface area contributed by atoms with Crippen molar-refractivity contribution in [2.75, 3.05) is 19.3 Å². The molecule has 164 valence electrons. The Bertz CT molecular complexity index is 1310. The van der Waals surface area contributed by atoms with Gasteiger partial charge in [-0.1, -0.05) is 72.3 Å². The van der Waals surface area contributed by atoms with Crippen LogP contribution in [0.25, 0.3) is 0 Å². The van der Waals surface area contributed by atoms with Crippen LogP contribution in [-0.2, 0) is 0 Å². The molecule has 3 aromatic rings. The van der Waals surface area contributed by atoms with Crippen LogP contribution in [0.4, 0.5) is 0 Å². The standard InChI is InChI=1S/C28H23NO3S/c1-17-11-13-18(14-12-17)22-15-29(2)28(25(31)19-7-3-4-8-20(19)26(28)32)27(22)16-33-23-10-6-5-9-21(23)24(27)30/h3-14,22H,15-16H2,1-2H3/t22-,27+/m0/s1. The van der Waals surface area contributed by atoms with Gasteiger partial charge >= 0.3 is 0 Å². The molecule has 1 saturated heterocycles. The lowest BCUT2D eigenvalue weighted by atomic mass is 9.58. The van der Waals surface area contributed by atoms with Gasteiger partial charge in [-0.05, 0) is 25.6 Å². The summed E-state index contributed by atoms with van der Waals surface area (Å²) in [6.45, 7) is 2.49. The monoisotopic (exact) mass is 453 g/mol. The van der Waals surface area contributed by atoms with Gasteiger partial charge in [0.15, 0.2) is 22.9 Å². The van der Waals surface area contributed by atoms with E-state index in [4.69, 9.17) is 0 Å². The number of nitrogens with zero attached hydrogens (tertiary/aromatic N) is 1. The van der Waals surface area contributed by atoms with Gasteiger partial charge in [-0.2, -0.15) is 0 Å². The number of fused-ring (bicyclic) bond motifs is 3. The lowest BCUT2D eigenvalue weighted by Gasteiger charge is -2.46. The molecule has 0 bridgehead atoms. The minimum absolute atomic E-state index is 0.0960. The molecule has 2 aliphatic heterocycles. The van der Waals surface area contributed by atoms with E-state index < -0.39 is 11.0 Å². The maximum atomic E-state index is 14.5. The molecule has 4 nitrogen and oxygen atoms in total. The van der Waals surface area contributed by atoms with E-state index in [-0.39, 0.29) is 23.3 Å². The van der Waals surface area contributed by atoms with Crippen LogP contribution in [0.3, 0.4) is 0 Å². The summed E-state index contributed by atoms with van der Waals surface area (Å²) in [6, 6.07) is 22.7. The lowest BCUT2D eigenvalue weighted by Crippen LogP contribution is -2.66. The molecule has 33 heavy (non-hydrogen) atoms. The molecule has 2 atom stereocenters. The van der Waals surface area contributed by atoms with E-state index in [0.29, 0.717) is 29.0 Å². The number of likely N-dealkylation sites (tertiary alicyclic amines) is 1. The van der Waals surface area contributed by atoms with Crippen LogP contribution in [0.15, 0.2) is 77.7 Å². The first kappa shape index (κ1) is 20.6. The molecule has 1 fully saturated rings. The number of hydrogen-bond acceptors (Lipinski definition) is 5. The predicted octanol–water partition coefficient (Wildman–Crippen LogP) is 4.82. The highest BCUT2D eigenvalue weighted by Crippen LogP contribution is 2.62. The van der Waals surface area contributed by atoms with Gasteiger partial charge in [0.25, 0.3) is 0 Å². The Kier molecular flexibility index (Phi) is 4.36. The topological polar surface area (TPSA) is 54.5 Å². The van der Waals surface area contributed by atoms with Crippen molar-refractivity contribution in [3.05, 3.63) is 101 Å². The number of benzene rings is 3. The number of carbonyl (C=O) groups excluding carboxylic acids is 3. The lowest BCUT2D eigenvalue weighted by molar-refractivity contribution is 0.0361. The molecule has 0 unspecified atom stereocenters. The molecule has 1 aliphatic carbocycles. The van der Waals surface area contributed by atoms with Gasteiger partial charge in [0.1, 0.15) is 0 Å². The summed E-state index contributed by atoms with van der Waals surface area (Å²) in [6.07, 6.45) is 0. The predicted molar refractivity (Wildman–Crippen MR) is 128 cm³/mol. The summed E-state index contributed by atoms with van der Waals surface area (Å²) in [5, 5.41) is 0. The number of rotatable bonds is 1. The third-order valence-electron chi connectivity index (χ3n) is 7.81. The molecule has 0 amide bonds. The fraction of sp³-hybridized carbons (Fsp3) is 0.250. The average molecular weight is 454 g/mol. The smallest absolute Gasteiger partial charge is 0.192 e. The Morgan fingerprint density at radius 3 is 2.00 bits per heavy atom. The zero-order valence-corrected chi connectivity index (χ0v) is 19.3. The zero-order chi connectivity index (χ0) is 23.0. The van der Waals surface area contributed by atoms with Crippen LogP contribution >= 0.6 is 11.8 Å². The summed E-state index contributed by atoms with van der Waals surface area (Å²) >= 11 is 1.58. The number of likely N-dealkylation sites (N-methyl/N-ethyl adjacent to an activating group) is 1. The fourth-order valence-corrected chi connectivity index (χ4v) is 7.69. The second-order valence-electron chi connectivity index (χ2n) is 9.34. The summed E-state index contributed by atoms with van der Waals surface area (Å²) in [5.74, 6) is -0.473. The van der Waals surface area contributed by atoms with Gasteiger partial charge < -0.3 is 0 Å². The Morgan fingerprint density at radius 1 is 0.788 bits per heavy atom. The van der Waals surface area contributed by atoms with Crippen LogP contribution in [0.1, 0.15) is 48.1 Å². The third-order valence-corrected chi connectivity index (χ3v) is 9.08. The molecule has 3 aliphatic rings. The summed E-state index contributed by atoms with van der Waals surface area (Å²) < 4.78 is 0. The quantitative estimate of drug-likeness (QED) is 0.495. The van der Waals surface area contributed by atoms with Gasteiger partial charge in [0.05, 0.1) is 5.41 Å². The fourth-order valence-electron chi connectivity index (χ4n) is 6.28. The SMILES string of the molecule is Cc1ccc([C@@H]2CN(C)C3(C(=O)c4ccccc4C3=O)[C@]23CSc2ccccc2C3=O)cc1. The maximum Gasteiger partial charge on any atom is 0.192 e. The van der Waals surface area contributed by atoms with E-state index in [9.17, 15) is 14.4 Å². The number of ketones is 3. The first-order valence-electron chi connectivity index (χ1n) is 11.2. The minimum Gasteiger partial charge on any atom is -0.293 e. The van der Waals surface area contributed by atoms with E-state index in [0.717, 1.165) is 16.0 Å². The second-order valence-corrected chi connectivity index (χ2v) is 10.4. The van der Waals surface area contributed by atoms with E-state index in [1.54, 1.807) is 36.0 Å². The van der Waals surface area contributed by atoms with E-state index in [1.807, 2.05) is 67.4 Å². The van der Waals surface area contributed by atoms with E-state index >= 15 is 0 Å². The molecule has 6 rings (SSSR count). The maximum absolute atomic E-state index is 14.5. The first-order chi connectivity index (χ1) is 15.9. The zero-order valence-electron chi connectivity index (χ0n) is 18.5. The summed E-state index contributed by atoms with van der Waals surface area (Å²) in [7, 11) is 1.83. The number of Topliss-reactive ketones (excluding diaryl/α,β-unsaturated/α-hetero) is 3. The van der Waals surface area contributed by atoms with Crippen molar-refractivity contribution in [2.24, 2.45) is 5.41 Å². The molecule has 2 spiro atoms. The molecule has 0 aromatic heterocycles. The highest BCUT2D eigenvalue weighted by molar-refractivity contribution is 7.99. The van der Waals surface area contributed by atoms with Crippen molar-refractivity contribution in [3.8, 4) is 0 Å². The van der Waals surface area contributed by atoms with Crippen LogP contribution in [0.5, 0.6) is 0 Å². The highest BCUT2D eigenvalue weighted by atomic mass is 32.2. The van der Waals surface area contributed by atoms with Crippen molar-refractivity contribution >= 4 is 29.1 Å². The van der Waals surface area contributed by atoms with E-state index in [2.05, 4.69) is 0 Å². The Labute approximate surface area is 197 Å². The Morgan fingerprint density at radius 2 is 1.36 bits per heavy atom. The third kappa shape index (κ3) is 2.39. The van der Waals surface area contributed by atoms with Gasteiger partial charge in [-0.25, -0.2) is 0 Å². The Balaban J connectivity index is 1.65. The van der Waals surface area contributed by atoms with Crippen molar-refractivity contribution in [2.45, 2.75) is 23.3 Å². The number of carbonyl (C=O) groups is 3. The molecule has 3 aromatic carbocycles. The first-order valence-corrected chi connectivity index (χ1v) is 12.1. The molecule has 2 heterocycles. The molecular weight excluding hydrogens is 430 g/mol. The van der Waals surface area contributed by atoms with Crippen LogP contribution < -0.4 is 0 Å². The molecular formula is C28H23NO3S. The largest absolute Gasteiger partial charge is 0.293 e. The molecule has 5 heteroatoms. The Hall–Kier alpha value is -3.02. The van der Waals surface area contributed by atoms with Crippen molar-refractivity contribution in [1.29, 1.82) is 0 Å². The van der Waals surface area contributed by atoms with Crippen molar-refractivity contribution in [1.82, 2.24) is 4.90 Å².